The molecule has 0 aromatic carbocycles. The van der Waals surface area contributed by atoms with E-state index >= 15 is 0 Å². The van der Waals surface area contributed by atoms with E-state index in [2.05, 4.69) is 10.2 Å². The largest absolute Gasteiger partial charge is 0.350 e. The number of carbonyl (C=O) groups excluding carboxylic acids is 2. The molecule has 4 nitrogen and oxygen atoms in total. The number of nitrogens with zero attached hydrogens (tertiary/aromatic N) is 1. The van der Waals surface area contributed by atoms with Crippen molar-refractivity contribution in [2.24, 2.45) is 5.92 Å². The van der Waals surface area contributed by atoms with Gasteiger partial charge in [-0.3, -0.25) is 9.69 Å². The molecule has 0 aliphatic carbocycles. The number of nitrogens with one attached hydrogen (secondary N) is 1. The third-order valence-corrected chi connectivity index (χ3v) is 4.11. The van der Waals surface area contributed by atoms with Crippen LogP contribution in [-0.4, -0.2) is 36.7 Å². The van der Waals surface area contributed by atoms with Gasteiger partial charge in [0.1, 0.15) is 6.29 Å². The average molecular weight is 266 g/mol. The van der Waals surface area contributed by atoms with E-state index in [0.717, 1.165) is 32.2 Å². The molecule has 0 bridgehead atoms. The van der Waals surface area contributed by atoms with Crippen LogP contribution in [0.5, 0.6) is 0 Å². The second-order valence-corrected chi connectivity index (χ2v) is 5.64. The zero-order valence-corrected chi connectivity index (χ0v) is 11.1. The summed E-state index contributed by atoms with van der Waals surface area (Å²) in [6, 6.07) is 4.00. The molecule has 98 valence electrons. The van der Waals surface area contributed by atoms with Gasteiger partial charge in [0.05, 0.1) is 13.1 Å². The van der Waals surface area contributed by atoms with Gasteiger partial charge in [-0.15, -0.1) is 11.3 Å². The van der Waals surface area contributed by atoms with Crippen molar-refractivity contribution in [1.82, 2.24) is 10.2 Å². The molecular formula is C13H18N2O2S. The van der Waals surface area contributed by atoms with Crippen LogP contribution in [0.15, 0.2) is 17.5 Å². The minimum atomic E-state index is 0.0629. The lowest BCUT2D eigenvalue weighted by molar-refractivity contribution is -0.122. The molecule has 18 heavy (non-hydrogen) atoms. The topological polar surface area (TPSA) is 49.4 Å². The first-order valence-corrected chi connectivity index (χ1v) is 7.12. The van der Waals surface area contributed by atoms with Gasteiger partial charge in [0.25, 0.3) is 0 Å². The first-order valence-electron chi connectivity index (χ1n) is 6.24. The van der Waals surface area contributed by atoms with E-state index < -0.39 is 0 Å². The van der Waals surface area contributed by atoms with Gasteiger partial charge in [-0.05, 0) is 37.4 Å². The van der Waals surface area contributed by atoms with Crippen LogP contribution in [0.25, 0.3) is 0 Å². The Labute approximate surface area is 111 Å². The summed E-state index contributed by atoms with van der Waals surface area (Å²) in [5.41, 5.74) is 0. The summed E-state index contributed by atoms with van der Waals surface area (Å²) in [6.07, 6.45) is 2.79. The van der Waals surface area contributed by atoms with Gasteiger partial charge in [0, 0.05) is 10.8 Å². The normalized spacial score (nSPS) is 17.6. The Morgan fingerprint density at radius 1 is 1.50 bits per heavy atom. The Hall–Kier alpha value is -1.20. The van der Waals surface area contributed by atoms with Crippen molar-refractivity contribution in [2.45, 2.75) is 19.4 Å². The predicted molar refractivity (Wildman–Crippen MR) is 71.4 cm³/mol. The molecule has 0 spiro atoms. The van der Waals surface area contributed by atoms with Crippen molar-refractivity contribution < 1.29 is 9.59 Å². The molecule has 0 saturated carbocycles. The second kappa shape index (κ2) is 6.66. The molecule has 1 aliphatic heterocycles. The van der Waals surface area contributed by atoms with Crippen LogP contribution >= 0.6 is 11.3 Å². The molecule has 2 rings (SSSR count). The van der Waals surface area contributed by atoms with E-state index in [-0.39, 0.29) is 11.8 Å². The highest BCUT2D eigenvalue weighted by atomic mass is 32.1. The Kier molecular flexibility index (Phi) is 4.90. The van der Waals surface area contributed by atoms with Gasteiger partial charge in [0.15, 0.2) is 0 Å². The Morgan fingerprint density at radius 3 is 2.89 bits per heavy atom. The van der Waals surface area contributed by atoms with E-state index in [4.69, 9.17) is 0 Å². The number of hydrogen-bond acceptors (Lipinski definition) is 4. The number of amides is 1. The maximum absolute atomic E-state index is 11.7. The number of hydrogen-bond donors (Lipinski definition) is 1. The van der Waals surface area contributed by atoms with Crippen LogP contribution in [-0.2, 0) is 16.1 Å². The van der Waals surface area contributed by atoms with Crippen molar-refractivity contribution in [3.63, 3.8) is 0 Å². The second-order valence-electron chi connectivity index (χ2n) is 4.61. The molecule has 0 radical (unpaired) electrons. The summed E-state index contributed by atoms with van der Waals surface area (Å²) in [6.45, 7) is 2.74. The van der Waals surface area contributed by atoms with Crippen LogP contribution in [0.1, 0.15) is 17.7 Å². The maximum atomic E-state index is 11.7. The molecule has 0 unspecified atom stereocenters. The SMILES string of the molecule is O=CC1CCN(CC(=O)NCc2cccs2)CC1. The lowest BCUT2D eigenvalue weighted by Gasteiger charge is -2.28. The number of carbonyl (C=O) groups is 2. The Bertz CT molecular complexity index is 384. The number of piperidine rings is 1. The molecule has 1 fully saturated rings. The lowest BCUT2D eigenvalue weighted by Crippen LogP contribution is -2.41. The first-order chi connectivity index (χ1) is 8.78. The average Bonchev–Trinajstić information content (AvgIpc) is 2.90. The highest BCUT2D eigenvalue weighted by Gasteiger charge is 2.19. The number of rotatable bonds is 5. The van der Waals surface area contributed by atoms with Crippen molar-refractivity contribution in [3.8, 4) is 0 Å². The number of thiophene rings is 1. The van der Waals surface area contributed by atoms with Gasteiger partial charge < -0.3 is 10.1 Å². The molecule has 1 aromatic rings. The molecular weight excluding hydrogens is 248 g/mol. The molecule has 5 heteroatoms. The molecule has 1 saturated heterocycles. The number of aldehydes is 1. The zero-order valence-electron chi connectivity index (χ0n) is 10.3. The first kappa shape index (κ1) is 13.2. The third-order valence-electron chi connectivity index (χ3n) is 3.23. The quantitative estimate of drug-likeness (QED) is 0.817. The summed E-state index contributed by atoms with van der Waals surface area (Å²) >= 11 is 1.65. The molecule has 1 N–H and O–H groups in total. The van der Waals surface area contributed by atoms with Crippen LogP contribution in [0.4, 0.5) is 0 Å². The van der Waals surface area contributed by atoms with Gasteiger partial charge >= 0.3 is 0 Å². The summed E-state index contributed by atoms with van der Waals surface area (Å²) in [7, 11) is 0. The maximum Gasteiger partial charge on any atom is 0.234 e. The summed E-state index contributed by atoms with van der Waals surface area (Å²) in [5, 5.41) is 4.92. The van der Waals surface area contributed by atoms with E-state index in [1.807, 2.05) is 17.5 Å². The molecule has 1 aromatic heterocycles. The van der Waals surface area contributed by atoms with Gasteiger partial charge in [0.2, 0.25) is 5.91 Å². The van der Waals surface area contributed by atoms with Gasteiger partial charge in [-0.2, -0.15) is 0 Å². The molecule has 1 amide bonds. The van der Waals surface area contributed by atoms with Crippen molar-refractivity contribution in [1.29, 1.82) is 0 Å². The Balaban J connectivity index is 1.67. The lowest BCUT2D eigenvalue weighted by atomic mass is 9.99. The van der Waals surface area contributed by atoms with E-state index in [1.54, 1.807) is 11.3 Å². The van der Waals surface area contributed by atoms with E-state index in [9.17, 15) is 9.59 Å². The monoisotopic (exact) mass is 266 g/mol. The predicted octanol–water partition coefficient (Wildman–Crippen LogP) is 1.28. The number of likely N-dealkylation sites (tertiary alicyclic amines) is 1. The minimum Gasteiger partial charge on any atom is -0.350 e. The van der Waals surface area contributed by atoms with Crippen LogP contribution in [0, 0.1) is 5.92 Å². The smallest absolute Gasteiger partial charge is 0.234 e. The van der Waals surface area contributed by atoms with E-state index in [0.29, 0.717) is 13.1 Å². The standard InChI is InChI=1S/C13H18N2O2S/c16-10-11-3-5-15(6-4-11)9-13(17)14-8-12-2-1-7-18-12/h1-2,7,10-11H,3-6,8-9H2,(H,14,17). The summed E-state index contributed by atoms with van der Waals surface area (Å²) in [4.78, 5) is 25.7. The van der Waals surface area contributed by atoms with Crippen LogP contribution in [0.3, 0.4) is 0 Å². The molecule has 1 aliphatic rings. The van der Waals surface area contributed by atoms with Crippen molar-refractivity contribution >= 4 is 23.5 Å². The van der Waals surface area contributed by atoms with Crippen LogP contribution < -0.4 is 5.32 Å². The van der Waals surface area contributed by atoms with Gasteiger partial charge in [-0.1, -0.05) is 6.07 Å². The summed E-state index contributed by atoms with van der Waals surface area (Å²) < 4.78 is 0. The van der Waals surface area contributed by atoms with Crippen molar-refractivity contribution in [2.75, 3.05) is 19.6 Å². The minimum absolute atomic E-state index is 0.0629. The highest BCUT2D eigenvalue weighted by molar-refractivity contribution is 7.09. The fraction of sp³-hybridized carbons (Fsp3) is 0.538. The fourth-order valence-electron chi connectivity index (χ4n) is 2.10. The molecule has 2 heterocycles. The fourth-order valence-corrected chi connectivity index (χ4v) is 2.75. The third kappa shape index (κ3) is 3.92. The molecule has 0 atom stereocenters. The Morgan fingerprint density at radius 2 is 2.28 bits per heavy atom. The van der Waals surface area contributed by atoms with Gasteiger partial charge in [-0.25, -0.2) is 0 Å². The summed E-state index contributed by atoms with van der Waals surface area (Å²) in [5.74, 6) is 0.253. The van der Waals surface area contributed by atoms with E-state index in [1.165, 1.54) is 4.88 Å². The van der Waals surface area contributed by atoms with Crippen molar-refractivity contribution in [3.05, 3.63) is 22.4 Å². The highest BCUT2D eigenvalue weighted by Crippen LogP contribution is 2.14. The van der Waals surface area contributed by atoms with Crippen LogP contribution in [0.2, 0.25) is 0 Å². The zero-order chi connectivity index (χ0) is 12.8.